The lowest BCUT2D eigenvalue weighted by molar-refractivity contribution is -0.0520. The predicted octanol–water partition coefficient (Wildman–Crippen LogP) is 2.80. The van der Waals surface area contributed by atoms with Crippen LogP contribution in [0.4, 0.5) is 17.6 Å². The normalized spacial score (nSPS) is 10.5. The monoisotopic (exact) mass is 263 g/mol. The number of nitrogens with zero attached hydrogens (tertiary/aromatic N) is 1. The van der Waals surface area contributed by atoms with Crippen molar-refractivity contribution < 1.29 is 32.2 Å². The molecule has 1 N–H and O–H groups in total. The standard InChI is InChI=1S/C10H5F4NO3/c11-8(12)6-1-4(3-15)5(9(16)17)2-7(6)18-10(13)14/h1-2,8,10H,(H,16,17). The molecule has 0 spiro atoms. The Hall–Kier alpha value is -2.30. The van der Waals surface area contributed by atoms with E-state index in [0.717, 1.165) is 0 Å². The molecular formula is C10H5F4NO3. The molecule has 1 aromatic rings. The van der Waals surface area contributed by atoms with Crippen LogP contribution in [0.2, 0.25) is 0 Å². The van der Waals surface area contributed by atoms with Crippen LogP contribution in [0.3, 0.4) is 0 Å². The molecule has 0 bridgehead atoms. The molecule has 0 amide bonds. The summed E-state index contributed by atoms with van der Waals surface area (Å²) < 4.78 is 52.9. The largest absolute Gasteiger partial charge is 0.478 e. The Morgan fingerprint density at radius 1 is 1.33 bits per heavy atom. The summed E-state index contributed by atoms with van der Waals surface area (Å²) in [5.41, 5.74) is -2.20. The number of hydrogen-bond donors (Lipinski definition) is 1. The molecule has 96 valence electrons. The molecule has 0 aliphatic rings. The molecule has 8 heteroatoms. The van der Waals surface area contributed by atoms with Gasteiger partial charge in [0.15, 0.2) is 0 Å². The number of carbonyl (C=O) groups is 1. The minimum absolute atomic E-state index is 0.481. The van der Waals surface area contributed by atoms with E-state index in [1.54, 1.807) is 0 Å². The van der Waals surface area contributed by atoms with Crippen molar-refractivity contribution >= 4 is 5.97 Å². The second-order valence-corrected chi connectivity index (χ2v) is 3.03. The lowest BCUT2D eigenvalue weighted by Gasteiger charge is -2.11. The van der Waals surface area contributed by atoms with Crippen LogP contribution in [-0.4, -0.2) is 17.7 Å². The van der Waals surface area contributed by atoms with E-state index in [9.17, 15) is 22.4 Å². The first-order valence-corrected chi connectivity index (χ1v) is 4.41. The molecule has 0 aliphatic carbocycles. The molecular weight excluding hydrogens is 258 g/mol. The fraction of sp³-hybridized carbons (Fsp3) is 0.200. The number of carboxylic acids is 1. The third-order valence-corrected chi connectivity index (χ3v) is 1.95. The van der Waals surface area contributed by atoms with Gasteiger partial charge in [-0.2, -0.15) is 14.0 Å². The second-order valence-electron chi connectivity index (χ2n) is 3.03. The van der Waals surface area contributed by atoms with E-state index in [0.29, 0.717) is 12.1 Å². The van der Waals surface area contributed by atoms with E-state index in [-0.39, 0.29) is 0 Å². The molecule has 0 unspecified atom stereocenters. The summed E-state index contributed by atoms with van der Waals surface area (Å²) in [6, 6.07) is 2.40. The van der Waals surface area contributed by atoms with Crippen LogP contribution in [0.1, 0.15) is 27.9 Å². The van der Waals surface area contributed by atoms with E-state index in [1.165, 1.54) is 6.07 Å². The first-order chi connectivity index (χ1) is 8.36. The van der Waals surface area contributed by atoms with Gasteiger partial charge in [0.25, 0.3) is 6.43 Å². The molecule has 0 aliphatic heterocycles. The van der Waals surface area contributed by atoms with E-state index in [2.05, 4.69) is 4.74 Å². The van der Waals surface area contributed by atoms with Crippen molar-refractivity contribution in [2.75, 3.05) is 0 Å². The molecule has 1 rings (SSSR count). The third kappa shape index (κ3) is 2.88. The number of hydrogen-bond acceptors (Lipinski definition) is 3. The third-order valence-electron chi connectivity index (χ3n) is 1.95. The average molecular weight is 263 g/mol. The average Bonchev–Trinajstić information content (AvgIpc) is 2.27. The van der Waals surface area contributed by atoms with Crippen molar-refractivity contribution in [2.45, 2.75) is 13.0 Å². The Morgan fingerprint density at radius 2 is 1.94 bits per heavy atom. The van der Waals surface area contributed by atoms with Gasteiger partial charge in [-0.1, -0.05) is 0 Å². The molecule has 0 saturated heterocycles. The highest BCUT2D eigenvalue weighted by molar-refractivity contribution is 5.91. The van der Waals surface area contributed by atoms with Gasteiger partial charge >= 0.3 is 12.6 Å². The van der Waals surface area contributed by atoms with Gasteiger partial charge < -0.3 is 9.84 Å². The Bertz CT molecular complexity index is 511. The van der Waals surface area contributed by atoms with Crippen molar-refractivity contribution in [1.82, 2.24) is 0 Å². The van der Waals surface area contributed by atoms with E-state index < -0.39 is 41.4 Å². The highest BCUT2D eigenvalue weighted by Crippen LogP contribution is 2.32. The fourth-order valence-corrected chi connectivity index (χ4v) is 1.23. The minimum atomic E-state index is -3.38. The first-order valence-electron chi connectivity index (χ1n) is 4.41. The van der Waals surface area contributed by atoms with Gasteiger partial charge in [0, 0.05) is 0 Å². The molecule has 0 saturated carbocycles. The zero-order chi connectivity index (χ0) is 13.9. The van der Waals surface area contributed by atoms with Crippen LogP contribution in [0.15, 0.2) is 12.1 Å². The van der Waals surface area contributed by atoms with E-state index >= 15 is 0 Å². The molecule has 18 heavy (non-hydrogen) atoms. The van der Waals surface area contributed by atoms with Gasteiger partial charge in [-0.25, -0.2) is 13.6 Å². The predicted molar refractivity (Wildman–Crippen MR) is 49.7 cm³/mol. The fourth-order valence-electron chi connectivity index (χ4n) is 1.23. The number of nitriles is 1. The highest BCUT2D eigenvalue weighted by atomic mass is 19.3. The van der Waals surface area contributed by atoms with Gasteiger partial charge in [-0.3, -0.25) is 0 Å². The van der Waals surface area contributed by atoms with Crippen LogP contribution < -0.4 is 4.74 Å². The summed E-state index contributed by atoms with van der Waals surface area (Å²) in [6.45, 7) is -3.38. The number of benzene rings is 1. The maximum atomic E-state index is 12.5. The number of carboxylic acid groups (broad SMARTS) is 1. The Kier molecular flexibility index (Phi) is 4.09. The van der Waals surface area contributed by atoms with Gasteiger partial charge in [-0.15, -0.1) is 0 Å². The van der Waals surface area contributed by atoms with Gasteiger partial charge in [0.1, 0.15) is 11.8 Å². The van der Waals surface area contributed by atoms with Crippen LogP contribution in [0.5, 0.6) is 5.75 Å². The van der Waals surface area contributed by atoms with E-state index in [1.807, 2.05) is 0 Å². The zero-order valence-electron chi connectivity index (χ0n) is 8.53. The van der Waals surface area contributed by atoms with Gasteiger partial charge in [0.2, 0.25) is 0 Å². The Labute approximate surface area is 98.0 Å². The molecule has 0 heterocycles. The Balaban J connectivity index is 3.43. The van der Waals surface area contributed by atoms with Crippen molar-refractivity contribution in [3.63, 3.8) is 0 Å². The van der Waals surface area contributed by atoms with Crippen molar-refractivity contribution in [3.05, 3.63) is 28.8 Å². The zero-order valence-corrected chi connectivity index (χ0v) is 8.53. The summed E-state index contributed by atoms with van der Waals surface area (Å²) in [5, 5.41) is 17.3. The van der Waals surface area contributed by atoms with Gasteiger partial charge in [-0.05, 0) is 12.1 Å². The summed E-state index contributed by atoms with van der Waals surface area (Å²) in [6.07, 6.45) is -3.17. The van der Waals surface area contributed by atoms with Crippen LogP contribution in [-0.2, 0) is 0 Å². The Morgan fingerprint density at radius 3 is 2.33 bits per heavy atom. The second kappa shape index (κ2) is 5.35. The highest BCUT2D eigenvalue weighted by Gasteiger charge is 2.22. The molecule has 4 nitrogen and oxygen atoms in total. The summed E-state index contributed by atoms with van der Waals surface area (Å²) in [7, 11) is 0. The van der Waals surface area contributed by atoms with Crippen LogP contribution in [0, 0.1) is 11.3 Å². The molecule has 1 aromatic carbocycles. The molecule has 0 fully saturated rings. The number of aromatic carboxylic acids is 1. The minimum Gasteiger partial charge on any atom is -0.478 e. The molecule has 0 atom stereocenters. The number of halogens is 4. The smallest absolute Gasteiger partial charge is 0.387 e. The number of ether oxygens (including phenoxy) is 1. The molecule has 0 aromatic heterocycles. The van der Waals surface area contributed by atoms with Crippen molar-refractivity contribution in [3.8, 4) is 11.8 Å². The van der Waals surface area contributed by atoms with Crippen molar-refractivity contribution in [1.29, 1.82) is 5.26 Å². The van der Waals surface area contributed by atoms with E-state index in [4.69, 9.17) is 10.4 Å². The first kappa shape index (κ1) is 13.8. The number of alkyl halides is 4. The maximum Gasteiger partial charge on any atom is 0.387 e. The van der Waals surface area contributed by atoms with Gasteiger partial charge in [0.05, 0.1) is 16.7 Å². The lowest BCUT2D eigenvalue weighted by Crippen LogP contribution is -2.08. The topological polar surface area (TPSA) is 70.3 Å². The van der Waals surface area contributed by atoms with Crippen LogP contribution >= 0.6 is 0 Å². The maximum absolute atomic E-state index is 12.5. The SMILES string of the molecule is N#Cc1cc(C(F)F)c(OC(F)F)cc1C(=O)O. The summed E-state index contributed by atoms with van der Waals surface area (Å²) in [5.74, 6) is -2.57. The molecule has 0 radical (unpaired) electrons. The number of rotatable bonds is 4. The van der Waals surface area contributed by atoms with Crippen LogP contribution in [0.25, 0.3) is 0 Å². The van der Waals surface area contributed by atoms with Crippen molar-refractivity contribution in [2.24, 2.45) is 0 Å². The quantitative estimate of drug-likeness (QED) is 0.848. The summed E-state index contributed by atoms with van der Waals surface area (Å²) >= 11 is 0. The summed E-state index contributed by atoms with van der Waals surface area (Å²) in [4.78, 5) is 10.7. The lowest BCUT2D eigenvalue weighted by atomic mass is 10.0.